The summed E-state index contributed by atoms with van der Waals surface area (Å²) in [5.41, 5.74) is 0.279. The maximum Gasteiger partial charge on any atom is 0.248 e. The minimum absolute atomic E-state index is 0.0790. The van der Waals surface area contributed by atoms with E-state index in [1.807, 2.05) is 0 Å². The smallest absolute Gasteiger partial charge is 0.248 e. The summed E-state index contributed by atoms with van der Waals surface area (Å²) < 4.78 is 38.4. The molecule has 22 heavy (non-hydrogen) atoms. The summed E-state index contributed by atoms with van der Waals surface area (Å²) in [4.78, 5) is 23.3. The molecule has 0 unspecified atom stereocenters. The summed E-state index contributed by atoms with van der Waals surface area (Å²) in [6.45, 7) is 0. The van der Waals surface area contributed by atoms with Gasteiger partial charge in [-0.15, -0.1) is 0 Å². The fraction of sp³-hybridized carbons (Fsp3) is 0. The van der Waals surface area contributed by atoms with Crippen molar-refractivity contribution in [2.75, 3.05) is 5.32 Å². The lowest BCUT2D eigenvalue weighted by atomic mass is 10.1. The van der Waals surface area contributed by atoms with E-state index in [-0.39, 0.29) is 5.56 Å². The van der Waals surface area contributed by atoms with Crippen molar-refractivity contribution >= 4 is 17.4 Å². The molecule has 0 saturated heterocycles. The van der Waals surface area contributed by atoms with Crippen LogP contribution in [-0.4, -0.2) is 11.7 Å². The summed E-state index contributed by atoms with van der Waals surface area (Å²) in [5, 5.41) is 2.42. The SMILES string of the molecule is O=C(/C=C/C(=O)c1ccc(F)c(F)c1)Nc1ccc(F)cc1. The van der Waals surface area contributed by atoms with Crippen LogP contribution in [0.15, 0.2) is 54.6 Å². The zero-order chi connectivity index (χ0) is 16.1. The largest absolute Gasteiger partial charge is 0.323 e. The Bertz CT molecular complexity index is 740. The van der Waals surface area contributed by atoms with Gasteiger partial charge in [-0.25, -0.2) is 13.2 Å². The number of halogens is 3. The van der Waals surface area contributed by atoms with Gasteiger partial charge >= 0.3 is 0 Å². The molecular weight excluding hydrogens is 295 g/mol. The molecule has 1 amide bonds. The van der Waals surface area contributed by atoms with Gasteiger partial charge in [0, 0.05) is 17.3 Å². The third-order valence-corrected chi connectivity index (χ3v) is 2.70. The third kappa shape index (κ3) is 4.05. The van der Waals surface area contributed by atoms with Crippen molar-refractivity contribution in [3.05, 3.63) is 77.6 Å². The van der Waals surface area contributed by atoms with Gasteiger partial charge in [0.25, 0.3) is 0 Å². The molecule has 0 atom stereocenters. The number of ketones is 1. The first-order valence-electron chi connectivity index (χ1n) is 6.20. The van der Waals surface area contributed by atoms with Gasteiger partial charge in [-0.3, -0.25) is 9.59 Å². The summed E-state index contributed by atoms with van der Waals surface area (Å²) >= 11 is 0. The molecule has 0 radical (unpaired) electrons. The molecule has 0 aliphatic carbocycles. The van der Waals surface area contributed by atoms with Crippen LogP contribution in [0.4, 0.5) is 18.9 Å². The highest BCUT2D eigenvalue weighted by Gasteiger charge is 2.08. The van der Waals surface area contributed by atoms with E-state index in [9.17, 15) is 22.8 Å². The average molecular weight is 305 g/mol. The first-order chi connectivity index (χ1) is 10.5. The van der Waals surface area contributed by atoms with Crippen molar-refractivity contribution < 1.29 is 22.8 Å². The highest BCUT2D eigenvalue weighted by molar-refractivity contribution is 6.09. The Morgan fingerprint density at radius 2 is 1.55 bits per heavy atom. The Hall–Kier alpha value is -2.89. The second-order valence-electron chi connectivity index (χ2n) is 4.32. The number of allylic oxidation sites excluding steroid dienone is 1. The lowest BCUT2D eigenvalue weighted by Crippen LogP contribution is -2.08. The highest BCUT2D eigenvalue weighted by Crippen LogP contribution is 2.10. The van der Waals surface area contributed by atoms with Crippen molar-refractivity contribution in [2.24, 2.45) is 0 Å². The molecule has 3 nitrogen and oxygen atoms in total. The topological polar surface area (TPSA) is 46.2 Å². The van der Waals surface area contributed by atoms with Gasteiger partial charge in [0.1, 0.15) is 5.82 Å². The Balaban J connectivity index is 2.01. The van der Waals surface area contributed by atoms with Crippen LogP contribution >= 0.6 is 0 Å². The van der Waals surface area contributed by atoms with Crippen LogP contribution in [0.5, 0.6) is 0 Å². The lowest BCUT2D eigenvalue weighted by molar-refractivity contribution is -0.111. The molecule has 2 rings (SSSR count). The zero-order valence-corrected chi connectivity index (χ0v) is 11.1. The van der Waals surface area contributed by atoms with Gasteiger partial charge in [-0.2, -0.15) is 0 Å². The maximum atomic E-state index is 13.0. The Morgan fingerprint density at radius 3 is 2.18 bits per heavy atom. The summed E-state index contributed by atoms with van der Waals surface area (Å²) in [5.74, 6) is -3.90. The fourth-order valence-electron chi connectivity index (χ4n) is 1.61. The zero-order valence-electron chi connectivity index (χ0n) is 11.1. The molecule has 0 aromatic heterocycles. The van der Waals surface area contributed by atoms with E-state index in [2.05, 4.69) is 5.32 Å². The summed E-state index contributed by atoms with van der Waals surface area (Å²) in [6.07, 6.45) is 1.89. The first kappa shape index (κ1) is 15.5. The number of carbonyl (C=O) groups is 2. The second kappa shape index (κ2) is 6.71. The van der Waals surface area contributed by atoms with Gasteiger partial charge in [0.05, 0.1) is 0 Å². The minimum Gasteiger partial charge on any atom is -0.323 e. The van der Waals surface area contributed by atoms with Crippen molar-refractivity contribution in [3.8, 4) is 0 Å². The monoisotopic (exact) mass is 305 g/mol. The van der Waals surface area contributed by atoms with E-state index >= 15 is 0 Å². The molecule has 2 aromatic rings. The maximum absolute atomic E-state index is 13.0. The highest BCUT2D eigenvalue weighted by atomic mass is 19.2. The Kier molecular flexibility index (Phi) is 4.73. The van der Waals surface area contributed by atoms with Crippen LogP contribution in [0.25, 0.3) is 0 Å². The van der Waals surface area contributed by atoms with Crippen molar-refractivity contribution in [1.29, 1.82) is 0 Å². The van der Waals surface area contributed by atoms with Crippen LogP contribution in [0.3, 0.4) is 0 Å². The molecule has 0 saturated carbocycles. The van der Waals surface area contributed by atoms with Crippen LogP contribution in [-0.2, 0) is 4.79 Å². The molecule has 0 fully saturated rings. The fourth-order valence-corrected chi connectivity index (χ4v) is 1.61. The predicted octanol–water partition coefficient (Wildman–Crippen LogP) is 3.48. The van der Waals surface area contributed by atoms with Gasteiger partial charge in [0.2, 0.25) is 5.91 Å². The van der Waals surface area contributed by atoms with Crippen molar-refractivity contribution in [1.82, 2.24) is 0 Å². The molecule has 0 bridgehead atoms. The molecule has 0 aliphatic rings. The summed E-state index contributed by atoms with van der Waals surface area (Å²) in [7, 11) is 0. The van der Waals surface area contributed by atoms with Crippen LogP contribution in [0.1, 0.15) is 10.4 Å². The van der Waals surface area contributed by atoms with Crippen LogP contribution in [0, 0.1) is 17.5 Å². The number of anilines is 1. The normalized spacial score (nSPS) is 10.7. The minimum atomic E-state index is -1.14. The van der Waals surface area contributed by atoms with Crippen LogP contribution < -0.4 is 5.32 Å². The third-order valence-electron chi connectivity index (χ3n) is 2.70. The number of amides is 1. The van der Waals surface area contributed by atoms with Gasteiger partial charge in [-0.05, 0) is 48.5 Å². The van der Waals surface area contributed by atoms with E-state index in [0.29, 0.717) is 5.69 Å². The predicted molar refractivity (Wildman–Crippen MR) is 74.9 cm³/mol. The number of carbonyl (C=O) groups excluding carboxylic acids is 2. The molecular formula is C16H10F3NO2. The van der Waals surface area contributed by atoms with E-state index in [4.69, 9.17) is 0 Å². The molecule has 6 heteroatoms. The van der Waals surface area contributed by atoms with Crippen LogP contribution in [0.2, 0.25) is 0 Å². The van der Waals surface area contributed by atoms with E-state index < -0.39 is 29.1 Å². The first-order valence-corrected chi connectivity index (χ1v) is 6.20. The lowest BCUT2D eigenvalue weighted by Gasteiger charge is -2.01. The number of hydrogen-bond donors (Lipinski definition) is 1. The molecule has 0 aliphatic heterocycles. The van der Waals surface area contributed by atoms with Gasteiger partial charge in [0.15, 0.2) is 17.4 Å². The number of rotatable bonds is 4. The molecule has 0 heterocycles. The van der Waals surface area contributed by atoms with Gasteiger partial charge in [-0.1, -0.05) is 0 Å². The van der Waals surface area contributed by atoms with E-state index in [1.54, 1.807) is 0 Å². The number of hydrogen-bond acceptors (Lipinski definition) is 2. The molecule has 112 valence electrons. The Labute approximate surface area is 124 Å². The number of benzene rings is 2. The van der Waals surface area contributed by atoms with E-state index in [0.717, 1.165) is 30.4 Å². The second-order valence-corrected chi connectivity index (χ2v) is 4.32. The van der Waals surface area contributed by atoms with Crippen molar-refractivity contribution in [3.63, 3.8) is 0 Å². The molecule has 2 aromatic carbocycles. The molecule has 0 spiro atoms. The Morgan fingerprint density at radius 1 is 0.864 bits per heavy atom. The molecule has 1 N–H and O–H groups in total. The van der Waals surface area contributed by atoms with E-state index in [1.165, 1.54) is 24.3 Å². The standard InChI is InChI=1S/C16H10F3NO2/c17-11-2-4-12(5-3-11)20-16(22)8-7-15(21)10-1-6-13(18)14(19)9-10/h1-9H,(H,20,22)/b8-7+. The number of nitrogens with one attached hydrogen (secondary N) is 1. The average Bonchev–Trinajstić information content (AvgIpc) is 2.50. The van der Waals surface area contributed by atoms with Gasteiger partial charge < -0.3 is 5.32 Å². The summed E-state index contributed by atoms with van der Waals surface area (Å²) in [6, 6.07) is 7.76. The quantitative estimate of drug-likeness (QED) is 0.694. The van der Waals surface area contributed by atoms with Crippen molar-refractivity contribution in [2.45, 2.75) is 0 Å².